The van der Waals surface area contributed by atoms with Gasteiger partial charge >= 0.3 is 0 Å². The van der Waals surface area contributed by atoms with Gasteiger partial charge in [0, 0.05) is 35.1 Å². The lowest BCUT2D eigenvalue weighted by Gasteiger charge is -2.32. The molecule has 0 spiro atoms. The van der Waals surface area contributed by atoms with Crippen LogP contribution in [0.5, 0.6) is 5.75 Å². The second-order valence-electron chi connectivity index (χ2n) is 8.71. The number of nitrogens with zero attached hydrogens (tertiary/aromatic N) is 1. The Kier molecular flexibility index (Phi) is 5.34. The molecule has 168 valence electrons. The maximum absolute atomic E-state index is 13.7. The third-order valence-electron chi connectivity index (χ3n) is 6.54. The number of fused-ring (bicyclic) bond motifs is 4. The monoisotopic (exact) mass is 510 g/mol. The van der Waals surface area contributed by atoms with Crippen LogP contribution in [0.25, 0.3) is 10.8 Å². The minimum Gasteiger partial charge on any atom is -0.466 e. The molecule has 1 amide bonds. The third-order valence-corrected chi connectivity index (χ3v) is 7.03. The summed E-state index contributed by atoms with van der Waals surface area (Å²) in [5, 5.41) is 5.76. The van der Waals surface area contributed by atoms with E-state index in [0.29, 0.717) is 25.2 Å². The Hall–Kier alpha value is -3.57. The molecule has 4 aromatic rings. The number of ether oxygens (including phenoxy) is 1. The van der Waals surface area contributed by atoms with Crippen molar-refractivity contribution in [1.29, 1.82) is 0 Å². The molecule has 0 aliphatic carbocycles. The standard InChI is InChI=1S/C29H23BrN2O2/c30-22-12-13-23-21(15-22)11-14-26-24(23)16-25-27(31-17-19-7-3-1-4-8-19)28(33)32(29(25)34-26)18-20-9-5-2-6-10-20/h1-15,29,31H,16-18H2. The fraction of sp³-hybridized carbons (Fsp3) is 0.138. The average molecular weight is 511 g/mol. The first kappa shape index (κ1) is 21.0. The maximum Gasteiger partial charge on any atom is 0.273 e. The van der Waals surface area contributed by atoms with Gasteiger partial charge in [-0.05, 0) is 40.1 Å². The summed E-state index contributed by atoms with van der Waals surface area (Å²) >= 11 is 3.57. The number of hydrogen-bond donors (Lipinski definition) is 1. The van der Waals surface area contributed by atoms with Crippen molar-refractivity contribution < 1.29 is 9.53 Å². The molecule has 34 heavy (non-hydrogen) atoms. The van der Waals surface area contributed by atoms with Crippen molar-refractivity contribution >= 4 is 32.6 Å². The second kappa shape index (κ2) is 8.65. The molecule has 0 bridgehead atoms. The van der Waals surface area contributed by atoms with Crippen LogP contribution in [-0.2, 0) is 24.3 Å². The van der Waals surface area contributed by atoms with E-state index in [2.05, 4.69) is 57.6 Å². The minimum absolute atomic E-state index is 0.0142. The molecule has 2 heterocycles. The van der Waals surface area contributed by atoms with E-state index in [9.17, 15) is 4.79 Å². The molecule has 6 rings (SSSR count). The summed E-state index contributed by atoms with van der Waals surface area (Å²) in [6.07, 6.45) is 0.263. The maximum atomic E-state index is 13.7. The molecule has 1 N–H and O–H groups in total. The summed E-state index contributed by atoms with van der Waals surface area (Å²) in [4.78, 5) is 15.5. The highest BCUT2D eigenvalue weighted by molar-refractivity contribution is 9.10. The first-order chi connectivity index (χ1) is 16.7. The number of halogens is 1. The van der Waals surface area contributed by atoms with Gasteiger partial charge in [0.25, 0.3) is 5.91 Å². The molecule has 0 saturated heterocycles. The number of benzene rings is 4. The van der Waals surface area contributed by atoms with Crippen molar-refractivity contribution in [2.75, 3.05) is 0 Å². The van der Waals surface area contributed by atoms with Crippen molar-refractivity contribution in [1.82, 2.24) is 10.2 Å². The van der Waals surface area contributed by atoms with Gasteiger partial charge in [-0.3, -0.25) is 9.69 Å². The van der Waals surface area contributed by atoms with Crippen molar-refractivity contribution in [3.8, 4) is 5.75 Å². The highest BCUT2D eigenvalue weighted by atomic mass is 79.9. The van der Waals surface area contributed by atoms with Gasteiger partial charge in [0.1, 0.15) is 11.4 Å². The van der Waals surface area contributed by atoms with E-state index in [1.54, 1.807) is 0 Å². The Morgan fingerprint density at radius 1 is 0.912 bits per heavy atom. The van der Waals surface area contributed by atoms with Crippen LogP contribution in [0.4, 0.5) is 0 Å². The van der Waals surface area contributed by atoms with Crippen molar-refractivity contribution in [2.45, 2.75) is 25.7 Å². The molecular weight excluding hydrogens is 488 g/mol. The van der Waals surface area contributed by atoms with Crippen LogP contribution in [0.1, 0.15) is 16.7 Å². The summed E-state index contributed by atoms with van der Waals surface area (Å²) in [7, 11) is 0. The van der Waals surface area contributed by atoms with Crippen LogP contribution in [0.15, 0.2) is 107 Å². The summed E-state index contributed by atoms with van der Waals surface area (Å²) in [5.41, 5.74) is 5.00. The van der Waals surface area contributed by atoms with E-state index in [0.717, 1.165) is 43.3 Å². The molecular formula is C29H23BrN2O2. The van der Waals surface area contributed by atoms with Gasteiger partial charge in [0.15, 0.2) is 6.23 Å². The zero-order valence-corrected chi connectivity index (χ0v) is 20.1. The lowest BCUT2D eigenvalue weighted by Crippen LogP contribution is -2.41. The van der Waals surface area contributed by atoms with Gasteiger partial charge < -0.3 is 10.1 Å². The summed E-state index contributed by atoms with van der Waals surface area (Å²) in [6.45, 7) is 1.09. The van der Waals surface area contributed by atoms with E-state index in [1.165, 1.54) is 0 Å². The van der Waals surface area contributed by atoms with E-state index in [1.807, 2.05) is 59.5 Å². The van der Waals surface area contributed by atoms with E-state index < -0.39 is 6.23 Å². The SMILES string of the molecule is O=C1C(NCc2ccccc2)=C2Cc3c(ccc4cc(Br)ccc34)OC2N1Cc1ccccc1. The number of amides is 1. The van der Waals surface area contributed by atoms with Crippen LogP contribution >= 0.6 is 15.9 Å². The summed E-state index contributed by atoms with van der Waals surface area (Å²) < 4.78 is 7.57. The van der Waals surface area contributed by atoms with Crippen LogP contribution in [-0.4, -0.2) is 17.0 Å². The average Bonchev–Trinajstić information content (AvgIpc) is 3.12. The van der Waals surface area contributed by atoms with Crippen LogP contribution in [0.2, 0.25) is 0 Å². The first-order valence-electron chi connectivity index (χ1n) is 11.4. The number of carbonyl (C=O) groups is 1. The van der Waals surface area contributed by atoms with Crippen molar-refractivity contribution in [2.24, 2.45) is 0 Å². The second-order valence-corrected chi connectivity index (χ2v) is 9.63. The fourth-order valence-corrected chi connectivity index (χ4v) is 5.25. The third kappa shape index (κ3) is 3.76. The Morgan fingerprint density at radius 2 is 1.65 bits per heavy atom. The van der Waals surface area contributed by atoms with Gasteiger partial charge in [0.2, 0.25) is 0 Å². The molecule has 1 atom stereocenters. The zero-order valence-electron chi connectivity index (χ0n) is 18.5. The summed E-state index contributed by atoms with van der Waals surface area (Å²) in [6, 6.07) is 30.6. The topological polar surface area (TPSA) is 41.6 Å². The number of carbonyl (C=O) groups excluding carboxylic acids is 1. The molecule has 0 saturated carbocycles. The quantitative estimate of drug-likeness (QED) is 0.360. The van der Waals surface area contributed by atoms with Crippen LogP contribution in [0.3, 0.4) is 0 Å². The summed E-state index contributed by atoms with van der Waals surface area (Å²) in [5.74, 6) is 0.832. The highest BCUT2D eigenvalue weighted by Crippen LogP contribution is 2.41. The van der Waals surface area contributed by atoms with Gasteiger partial charge in [-0.1, -0.05) is 88.7 Å². The molecule has 0 fully saturated rings. The largest absolute Gasteiger partial charge is 0.466 e. The molecule has 5 heteroatoms. The molecule has 4 aromatic carbocycles. The van der Waals surface area contributed by atoms with Crippen molar-refractivity contribution in [3.05, 3.63) is 123 Å². The van der Waals surface area contributed by atoms with E-state index in [4.69, 9.17) is 4.74 Å². The van der Waals surface area contributed by atoms with Gasteiger partial charge in [0.05, 0.1) is 0 Å². The van der Waals surface area contributed by atoms with E-state index >= 15 is 0 Å². The Morgan fingerprint density at radius 3 is 2.41 bits per heavy atom. The normalized spacial score (nSPS) is 16.9. The lowest BCUT2D eigenvalue weighted by molar-refractivity contribution is -0.132. The van der Waals surface area contributed by atoms with Gasteiger partial charge in [-0.25, -0.2) is 0 Å². The predicted molar refractivity (Wildman–Crippen MR) is 137 cm³/mol. The first-order valence-corrected chi connectivity index (χ1v) is 12.2. The Balaban J connectivity index is 1.40. The van der Waals surface area contributed by atoms with Gasteiger partial charge in [-0.15, -0.1) is 0 Å². The molecule has 2 aliphatic heterocycles. The Labute approximate surface area is 207 Å². The molecule has 0 radical (unpaired) electrons. The number of hydrogen-bond acceptors (Lipinski definition) is 3. The molecule has 0 aromatic heterocycles. The zero-order chi connectivity index (χ0) is 23.1. The van der Waals surface area contributed by atoms with E-state index in [-0.39, 0.29) is 5.91 Å². The highest BCUT2D eigenvalue weighted by Gasteiger charge is 2.43. The predicted octanol–water partition coefficient (Wildman–Crippen LogP) is 5.95. The Bertz CT molecular complexity index is 1420. The number of rotatable bonds is 5. The van der Waals surface area contributed by atoms with Crippen molar-refractivity contribution in [3.63, 3.8) is 0 Å². The minimum atomic E-state index is -0.411. The molecule has 2 aliphatic rings. The van der Waals surface area contributed by atoms with Crippen LogP contribution in [0, 0.1) is 0 Å². The lowest BCUT2D eigenvalue weighted by atomic mass is 9.94. The van der Waals surface area contributed by atoms with Crippen LogP contribution < -0.4 is 10.1 Å². The molecule has 4 nitrogen and oxygen atoms in total. The fourth-order valence-electron chi connectivity index (χ4n) is 4.87. The smallest absolute Gasteiger partial charge is 0.273 e. The number of nitrogens with one attached hydrogen (secondary N) is 1. The molecule has 1 unspecified atom stereocenters. The van der Waals surface area contributed by atoms with Gasteiger partial charge in [-0.2, -0.15) is 0 Å².